The molecule has 2 N–H and O–H groups in total. The predicted octanol–water partition coefficient (Wildman–Crippen LogP) is 2.79. The van der Waals surface area contributed by atoms with Gasteiger partial charge in [-0.1, -0.05) is 42.5 Å². The average molecular weight is 424 g/mol. The minimum atomic E-state index is -4.16. The summed E-state index contributed by atoms with van der Waals surface area (Å²) in [5, 5.41) is 10.5. The van der Waals surface area contributed by atoms with Crippen molar-refractivity contribution in [2.75, 3.05) is 11.4 Å². The molecule has 0 unspecified atom stereocenters. The van der Waals surface area contributed by atoms with Crippen LogP contribution in [0, 0.1) is 0 Å². The van der Waals surface area contributed by atoms with Gasteiger partial charge in [-0.15, -0.1) is 0 Å². The molecule has 3 aromatic carbocycles. The minimum absolute atomic E-state index is 0.0127. The molecule has 0 saturated carbocycles. The van der Waals surface area contributed by atoms with Crippen LogP contribution in [0.1, 0.15) is 22.8 Å². The smallest absolute Gasteiger partial charge is 0.322 e. The molecule has 8 heteroatoms. The summed E-state index contributed by atoms with van der Waals surface area (Å²) in [6.45, 7) is 2.31. The van der Waals surface area contributed by atoms with Crippen LogP contribution in [0.25, 0.3) is 10.8 Å². The molecule has 1 aliphatic rings. The summed E-state index contributed by atoms with van der Waals surface area (Å²) in [7, 11) is -4.16. The molecule has 0 aromatic heterocycles. The SMILES string of the molecule is CCN1C(=O)c2cccc3c(S(=O)(=O)N[C@H](Cc4ccccc4)C(=O)O)ccc1c23. The van der Waals surface area contributed by atoms with Crippen molar-refractivity contribution in [1.29, 1.82) is 0 Å². The Morgan fingerprint density at radius 3 is 2.47 bits per heavy atom. The summed E-state index contributed by atoms with van der Waals surface area (Å²) in [6, 6.07) is 15.5. The van der Waals surface area contributed by atoms with Crippen molar-refractivity contribution in [1.82, 2.24) is 4.72 Å². The van der Waals surface area contributed by atoms with E-state index in [0.717, 1.165) is 0 Å². The Kier molecular flexibility index (Phi) is 5.05. The monoisotopic (exact) mass is 424 g/mol. The van der Waals surface area contributed by atoms with Crippen molar-refractivity contribution in [3.63, 3.8) is 0 Å². The Labute approximate surface area is 174 Å². The first kappa shape index (κ1) is 20.1. The molecule has 30 heavy (non-hydrogen) atoms. The van der Waals surface area contributed by atoms with E-state index in [4.69, 9.17) is 0 Å². The fraction of sp³-hybridized carbons (Fsp3) is 0.182. The van der Waals surface area contributed by atoms with E-state index in [-0.39, 0.29) is 17.2 Å². The molecule has 0 saturated heterocycles. The standard InChI is InChI=1S/C22H20N2O5S/c1-2-24-18-11-12-19(15-9-6-10-16(20(15)18)21(24)25)30(28,29)23-17(22(26)27)13-14-7-4-3-5-8-14/h3-12,17,23H,2,13H2,1H3,(H,26,27)/t17-/m1/s1. The number of carbonyl (C=O) groups excluding carboxylic acids is 1. The highest BCUT2D eigenvalue weighted by atomic mass is 32.2. The summed E-state index contributed by atoms with van der Waals surface area (Å²) in [5.41, 5.74) is 1.81. The Bertz CT molecular complexity index is 1260. The lowest BCUT2D eigenvalue weighted by molar-refractivity contribution is -0.138. The van der Waals surface area contributed by atoms with E-state index >= 15 is 0 Å². The van der Waals surface area contributed by atoms with E-state index in [1.807, 2.05) is 6.92 Å². The molecule has 0 radical (unpaired) electrons. The van der Waals surface area contributed by atoms with E-state index in [1.165, 1.54) is 6.07 Å². The molecule has 3 aromatic rings. The minimum Gasteiger partial charge on any atom is -0.480 e. The topological polar surface area (TPSA) is 104 Å². The van der Waals surface area contributed by atoms with Gasteiger partial charge in [-0.3, -0.25) is 9.59 Å². The van der Waals surface area contributed by atoms with E-state index in [0.29, 0.717) is 34.1 Å². The lowest BCUT2D eigenvalue weighted by Crippen LogP contribution is -2.42. The Balaban J connectivity index is 1.76. The van der Waals surface area contributed by atoms with Gasteiger partial charge in [0.15, 0.2) is 0 Å². The van der Waals surface area contributed by atoms with Crippen molar-refractivity contribution in [2.45, 2.75) is 24.3 Å². The largest absolute Gasteiger partial charge is 0.480 e. The fourth-order valence-electron chi connectivity index (χ4n) is 3.85. The lowest BCUT2D eigenvalue weighted by atomic mass is 10.1. The number of carboxylic acid groups (broad SMARTS) is 1. The van der Waals surface area contributed by atoms with Gasteiger partial charge in [0, 0.05) is 22.9 Å². The van der Waals surface area contributed by atoms with Crippen LogP contribution in [0.15, 0.2) is 65.6 Å². The Morgan fingerprint density at radius 2 is 1.80 bits per heavy atom. The summed E-state index contributed by atoms with van der Waals surface area (Å²) >= 11 is 0. The molecule has 7 nitrogen and oxygen atoms in total. The van der Waals surface area contributed by atoms with Crippen LogP contribution in [0.3, 0.4) is 0 Å². The van der Waals surface area contributed by atoms with E-state index in [9.17, 15) is 23.1 Å². The number of carbonyl (C=O) groups is 2. The zero-order valence-electron chi connectivity index (χ0n) is 16.2. The highest BCUT2D eigenvalue weighted by molar-refractivity contribution is 7.89. The second-order valence-corrected chi connectivity index (χ2v) is 8.74. The second-order valence-electron chi connectivity index (χ2n) is 7.06. The molecule has 154 valence electrons. The Hall–Kier alpha value is -3.23. The van der Waals surface area contributed by atoms with Crippen LogP contribution >= 0.6 is 0 Å². The van der Waals surface area contributed by atoms with E-state index in [2.05, 4.69) is 4.72 Å². The summed E-state index contributed by atoms with van der Waals surface area (Å²) in [6.07, 6.45) is 0.0127. The molecule has 0 bridgehead atoms. The van der Waals surface area contributed by atoms with Gasteiger partial charge in [-0.25, -0.2) is 8.42 Å². The molecule has 1 heterocycles. The highest BCUT2D eigenvalue weighted by Crippen LogP contribution is 2.39. The number of sulfonamides is 1. The van der Waals surface area contributed by atoms with Gasteiger partial charge in [0.1, 0.15) is 6.04 Å². The maximum atomic E-state index is 13.2. The third-order valence-electron chi connectivity index (χ3n) is 5.23. The third-order valence-corrected chi connectivity index (χ3v) is 6.76. The van der Waals surface area contributed by atoms with Crippen LogP contribution in [-0.4, -0.2) is 38.0 Å². The van der Waals surface area contributed by atoms with Crippen LogP contribution in [-0.2, 0) is 21.2 Å². The number of rotatable bonds is 7. The molecule has 1 aliphatic heterocycles. The van der Waals surface area contributed by atoms with Crippen molar-refractivity contribution in [2.24, 2.45) is 0 Å². The number of hydrogen-bond donors (Lipinski definition) is 2. The number of amides is 1. The van der Waals surface area contributed by atoms with Gasteiger partial charge in [0.05, 0.1) is 10.6 Å². The molecule has 1 atom stereocenters. The van der Waals surface area contributed by atoms with E-state index in [1.54, 1.807) is 59.5 Å². The number of benzene rings is 3. The van der Waals surface area contributed by atoms with Crippen molar-refractivity contribution in [3.8, 4) is 0 Å². The average Bonchev–Trinajstić information content (AvgIpc) is 3.01. The van der Waals surface area contributed by atoms with E-state index < -0.39 is 22.0 Å². The molecule has 4 rings (SSSR count). The van der Waals surface area contributed by atoms with Gasteiger partial charge in [0.25, 0.3) is 5.91 Å². The number of nitrogens with one attached hydrogen (secondary N) is 1. The summed E-state index contributed by atoms with van der Waals surface area (Å²) in [5.74, 6) is -1.44. The predicted molar refractivity (Wildman–Crippen MR) is 113 cm³/mol. The van der Waals surface area contributed by atoms with Crippen molar-refractivity contribution < 1.29 is 23.1 Å². The van der Waals surface area contributed by atoms with Crippen LogP contribution in [0.4, 0.5) is 5.69 Å². The number of carboxylic acids is 1. The summed E-state index contributed by atoms with van der Waals surface area (Å²) in [4.78, 5) is 25.9. The Morgan fingerprint density at radius 1 is 1.07 bits per heavy atom. The maximum absolute atomic E-state index is 13.2. The van der Waals surface area contributed by atoms with Crippen LogP contribution < -0.4 is 9.62 Å². The molecular weight excluding hydrogens is 404 g/mol. The quantitative estimate of drug-likeness (QED) is 0.607. The molecule has 0 aliphatic carbocycles. The zero-order chi connectivity index (χ0) is 21.5. The fourth-order valence-corrected chi connectivity index (χ4v) is 5.24. The second kappa shape index (κ2) is 7.55. The first-order valence-corrected chi connectivity index (χ1v) is 11.0. The first-order chi connectivity index (χ1) is 14.3. The maximum Gasteiger partial charge on any atom is 0.322 e. The van der Waals surface area contributed by atoms with Gasteiger partial charge >= 0.3 is 5.97 Å². The van der Waals surface area contributed by atoms with Gasteiger partial charge in [-0.2, -0.15) is 4.72 Å². The van der Waals surface area contributed by atoms with Gasteiger partial charge < -0.3 is 10.0 Å². The lowest BCUT2D eigenvalue weighted by Gasteiger charge is -2.17. The number of hydrogen-bond acceptors (Lipinski definition) is 4. The van der Waals surface area contributed by atoms with Crippen LogP contribution in [0.5, 0.6) is 0 Å². The van der Waals surface area contributed by atoms with Gasteiger partial charge in [-0.05, 0) is 37.1 Å². The molecule has 0 fully saturated rings. The first-order valence-electron chi connectivity index (χ1n) is 9.50. The summed E-state index contributed by atoms with van der Waals surface area (Å²) < 4.78 is 28.6. The third kappa shape index (κ3) is 3.34. The highest BCUT2D eigenvalue weighted by Gasteiger charge is 2.33. The van der Waals surface area contributed by atoms with Gasteiger partial charge in [0.2, 0.25) is 10.0 Å². The normalized spacial score (nSPS) is 14.3. The van der Waals surface area contributed by atoms with Crippen molar-refractivity contribution in [3.05, 3.63) is 71.8 Å². The zero-order valence-corrected chi connectivity index (χ0v) is 17.0. The van der Waals surface area contributed by atoms with Crippen LogP contribution in [0.2, 0.25) is 0 Å². The number of nitrogens with zero attached hydrogens (tertiary/aromatic N) is 1. The van der Waals surface area contributed by atoms with Crippen molar-refractivity contribution >= 4 is 38.4 Å². The number of aliphatic carboxylic acids is 1. The molecular formula is C22H20N2O5S. The molecule has 1 amide bonds. The number of anilines is 1. The molecule has 0 spiro atoms.